The molecule has 0 bridgehead atoms. The van der Waals surface area contributed by atoms with Gasteiger partial charge >= 0.3 is 5.97 Å². The summed E-state index contributed by atoms with van der Waals surface area (Å²) in [4.78, 5) is 31.0. The Hall–Kier alpha value is -4.46. The Morgan fingerprint density at radius 2 is 1.47 bits per heavy atom. The van der Waals surface area contributed by atoms with Gasteiger partial charge in [-0.15, -0.1) is 0 Å². The monoisotopic (exact) mass is 429 g/mol. The average molecular weight is 429 g/mol. The number of nitrogens with zero attached hydrogens (tertiary/aromatic N) is 2. The number of nitrogens with two attached hydrogens (primary N) is 1. The van der Waals surface area contributed by atoms with Gasteiger partial charge in [-0.05, 0) is 54.1 Å². The summed E-state index contributed by atoms with van der Waals surface area (Å²) in [6.07, 6.45) is 3.38. The first-order valence-electron chi connectivity index (χ1n) is 9.75. The molecule has 3 N–H and O–H groups in total. The minimum absolute atomic E-state index is 0.197. The van der Waals surface area contributed by atoms with E-state index in [1.807, 2.05) is 24.3 Å². The van der Waals surface area contributed by atoms with Crippen LogP contribution in [0.1, 0.15) is 20.8 Å². The Balaban J connectivity index is 1.40. The van der Waals surface area contributed by atoms with Crippen LogP contribution in [0.3, 0.4) is 0 Å². The van der Waals surface area contributed by atoms with Crippen LogP contribution in [0, 0.1) is 0 Å². The predicted octanol–water partition coefficient (Wildman–Crippen LogP) is 3.55. The molecular weight excluding hydrogens is 410 g/mol. The maximum atomic E-state index is 11.5. The van der Waals surface area contributed by atoms with Crippen molar-refractivity contribution in [2.45, 2.75) is 0 Å². The van der Waals surface area contributed by atoms with Gasteiger partial charge in [0.05, 0.1) is 11.1 Å². The van der Waals surface area contributed by atoms with Crippen LogP contribution in [0.4, 0.5) is 0 Å². The SMILES string of the molecule is NC(=O)c1ccc2cncc(-c3ccc(OCCOc4ccc(C(=O)O)cc4)cc3)c2n1. The number of pyridine rings is 2. The topological polar surface area (TPSA) is 125 Å². The van der Waals surface area contributed by atoms with Crippen molar-refractivity contribution in [1.82, 2.24) is 9.97 Å². The van der Waals surface area contributed by atoms with Gasteiger partial charge in [0.1, 0.15) is 30.4 Å². The molecule has 0 aliphatic heterocycles. The smallest absolute Gasteiger partial charge is 0.335 e. The summed E-state index contributed by atoms with van der Waals surface area (Å²) >= 11 is 0. The number of ether oxygens (including phenoxy) is 2. The second-order valence-electron chi connectivity index (χ2n) is 6.87. The second kappa shape index (κ2) is 9.13. The number of hydrogen-bond donors (Lipinski definition) is 2. The van der Waals surface area contributed by atoms with E-state index >= 15 is 0 Å². The largest absolute Gasteiger partial charge is 0.490 e. The van der Waals surface area contributed by atoms with Gasteiger partial charge in [-0.3, -0.25) is 9.78 Å². The molecule has 1 amide bonds. The zero-order valence-corrected chi connectivity index (χ0v) is 16.9. The zero-order chi connectivity index (χ0) is 22.5. The lowest BCUT2D eigenvalue weighted by Crippen LogP contribution is -2.12. The second-order valence-corrected chi connectivity index (χ2v) is 6.87. The van der Waals surface area contributed by atoms with Crippen LogP contribution in [0.2, 0.25) is 0 Å². The van der Waals surface area contributed by atoms with Crippen molar-refractivity contribution in [2.75, 3.05) is 13.2 Å². The number of carboxylic acid groups (broad SMARTS) is 1. The van der Waals surface area contributed by atoms with E-state index in [1.54, 1.807) is 36.7 Å². The Morgan fingerprint density at radius 3 is 2.06 bits per heavy atom. The third-order valence-corrected chi connectivity index (χ3v) is 4.74. The molecule has 0 fully saturated rings. The van der Waals surface area contributed by atoms with Gasteiger partial charge in [-0.2, -0.15) is 0 Å². The van der Waals surface area contributed by atoms with Gasteiger partial charge < -0.3 is 20.3 Å². The number of amides is 1. The lowest BCUT2D eigenvalue weighted by atomic mass is 10.0. The van der Waals surface area contributed by atoms with Gasteiger partial charge in [0.25, 0.3) is 5.91 Å². The number of rotatable bonds is 8. The van der Waals surface area contributed by atoms with Crippen molar-refractivity contribution in [3.05, 3.63) is 84.3 Å². The van der Waals surface area contributed by atoms with Gasteiger partial charge in [0.2, 0.25) is 0 Å². The van der Waals surface area contributed by atoms with Gasteiger partial charge in [-0.1, -0.05) is 12.1 Å². The van der Waals surface area contributed by atoms with Crippen LogP contribution in [0.15, 0.2) is 73.1 Å². The molecule has 8 nitrogen and oxygen atoms in total. The van der Waals surface area contributed by atoms with Crippen LogP contribution in [0.5, 0.6) is 11.5 Å². The van der Waals surface area contributed by atoms with E-state index in [0.717, 1.165) is 16.5 Å². The first-order valence-corrected chi connectivity index (χ1v) is 9.75. The van der Waals surface area contributed by atoms with Crippen LogP contribution < -0.4 is 15.2 Å². The molecule has 4 aromatic rings. The van der Waals surface area contributed by atoms with E-state index in [1.165, 1.54) is 12.1 Å². The maximum absolute atomic E-state index is 11.5. The van der Waals surface area contributed by atoms with Crippen LogP contribution in [-0.2, 0) is 0 Å². The number of hydrogen-bond acceptors (Lipinski definition) is 6. The number of fused-ring (bicyclic) bond motifs is 1. The maximum Gasteiger partial charge on any atom is 0.335 e. The molecule has 0 aliphatic rings. The Kier molecular flexibility index (Phi) is 5.94. The van der Waals surface area contributed by atoms with Crippen molar-refractivity contribution in [1.29, 1.82) is 0 Å². The fourth-order valence-electron chi connectivity index (χ4n) is 3.14. The quantitative estimate of drug-likeness (QED) is 0.410. The van der Waals surface area contributed by atoms with Crippen molar-refractivity contribution in [3.63, 3.8) is 0 Å². The summed E-state index contributed by atoms with van der Waals surface area (Å²) in [6, 6.07) is 17.0. The average Bonchev–Trinajstić information content (AvgIpc) is 2.82. The Morgan fingerprint density at radius 1 is 0.844 bits per heavy atom. The van der Waals surface area contributed by atoms with E-state index < -0.39 is 11.9 Å². The van der Waals surface area contributed by atoms with E-state index in [2.05, 4.69) is 9.97 Å². The highest BCUT2D eigenvalue weighted by atomic mass is 16.5. The van der Waals surface area contributed by atoms with Crippen LogP contribution in [-0.4, -0.2) is 40.2 Å². The minimum Gasteiger partial charge on any atom is -0.490 e. The lowest BCUT2D eigenvalue weighted by molar-refractivity contribution is 0.0696. The van der Waals surface area contributed by atoms with Gasteiger partial charge in [-0.25, -0.2) is 9.78 Å². The number of carbonyl (C=O) groups is 2. The number of aromatic carboxylic acids is 1. The number of primary amides is 1. The Bertz CT molecular complexity index is 1270. The molecular formula is C24H19N3O5. The molecule has 8 heteroatoms. The highest BCUT2D eigenvalue weighted by molar-refractivity contribution is 5.97. The predicted molar refractivity (Wildman–Crippen MR) is 118 cm³/mol. The molecule has 0 radical (unpaired) electrons. The first kappa shape index (κ1) is 20.8. The van der Waals surface area contributed by atoms with Crippen molar-refractivity contribution < 1.29 is 24.2 Å². The van der Waals surface area contributed by atoms with Crippen molar-refractivity contribution in [2.24, 2.45) is 5.73 Å². The third kappa shape index (κ3) is 4.65. The fourth-order valence-corrected chi connectivity index (χ4v) is 3.14. The highest BCUT2D eigenvalue weighted by Crippen LogP contribution is 2.28. The molecule has 32 heavy (non-hydrogen) atoms. The zero-order valence-electron chi connectivity index (χ0n) is 16.9. The van der Waals surface area contributed by atoms with E-state index in [9.17, 15) is 9.59 Å². The summed E-state index contributed by atoms with van der Waals surface area (Å²) in [7, 11) is 0. The van der Waals surface area contributed by atoms with E-state index in [-0.39, 0.29) is 11.3 Å². The molecule has 4 rings (SSSR count). The summed E-state index contributed by atoms with van der Waals surface area (Å²) in [6.45, 7) is 0.626. The molecule has 160 valence electrons. The number of aromatic nitrogens is 2. The highest BCUT2D eigenvalue weighted by Gasteiger charge is 2.10. The standard InChI is InChI=1S/C24H19N3O5/c25-23(28)21-10-5-17-13-26-14-20(22(17)27-21)15-1-6-18(7-2-15)31-11-12-32-19-8-3-16(4-9-19)24(29)30/h1-10,13-14H,11-12H2,(H2,25,28)(H,29,30). The summed E-state index contributed by atoms with van der Waals surface area (Å²) in [5, 5.41) is 9.71. The first-order chi connectivity index (χ1) is 15.5. The normalized spacial score (nSPS) is 10.6. The third-order valence-electron chi connectivity index (χ3n) is 4.74. The molecule has 0 saturated heterocycles. The lowest BCUT2D eigenvalue weighted by Gasteiger charge is -2.10. The minimum atomic E-state index is -0.980. The number of carbonyl (C=O) groups excluding carboxylic acids is 1. The van der Waals surface area contributed by atoms with Gasteiger partial charge in [0, 0.05) is 23.3 Å². The van der Waals surface area contributed by atoms with E-state index in [0.29, 0.717) is 30.2 Å². The summed E-state index contributed by atoms with van der Waals surface area (Å²) in [5.74, 6) is -0.331. The summed E-state index contributed by atoms with van der Waals surface area (Å²) < 4.78 is 11.3. The molecule has 2 heterocycles. The molecule has 0 aliphatic carbocycles. The molecule has 0 spiro atoms. The van der Waals surface area contributed by atoms with Gasteiger partial charge in [0.15, 0.2) is 0 Å². The van der Waals surface area contributed by atoms with Crippen molar-refractivity contribution >= 4 is 22.8 Å². The molecule has 0 saturated carbocycles. The number of carboxylic acids is 1. The van der Waals surface area contributed by atoms with Crippen molar-refractivity contribution in [3.8, 4) is 22.6 Å². The molecule has 2 aromatic heterocycles. The van der Waals surface area contributed by atoms with Crippen LogP contribution >= 0.6 is 0 Å². The molecule has 0 atom stereocenters. The number of benzene rings is 2. The van der Waals surface area contributed by atoms with Crippen LogP contribution in [0.25, 0.3) is 22.0 Å². The van der Waals surface area contributed by atoms with E-state index in [4.69, 9.17) is 20.3 Å². The molecule has 2 aromatic carbocycles. The fraction of sp³-hybridized carbons (Fsp3) is 0.0833. The summed E-state index contributed by atoms with van der Waals surface area (Å²) in [5.41, 5.74) is 8.06. The Labute approximate surface area is 183 Å². The molecule has 0 unspecified atom stereocenters.